The Kier molecular flexibility index (Phi) is 3.91. The second-order valence-electron chi connectivity index (χ2n) is 5.69. The zero-order valence-corrected chi connectivity index (χ0v) is 14.3. The van der Waals surface area contributed by atoms with Crippen molar-refractivity contribution in [3.05, 3.63) is 21.7 Å². The molecule has 0 spiro atoms. The van der Waals surface area contributed by atoms with Gasteiger partial charge in [-0.25, -0.2) is 4.98 Å². The lowest BCUT2D eigenvalue weighted by molar-refractivity contribution is -0.0534. The maximum atomic E-state index is 6.06. The number of hydrogen-bond acceptors (Lipinski definition) is 4. The minimum atomic E-state index is -0.174. The number of hydrogen-bond donors (Lipinski definition) is 1. The van der Waals surface area contributed by atoms with Crippen LogP contribution in [-0.2, 0) is 4.74 Å². The lowest BCUT2D eigenvalue weighted by Crippen LogP contribution is -2.21. The van der Waals surface area contributed by atoms with Crippen molar-refractivity contribution in [3.8, 4) is 0 Å². The molecule has 2 N–H and O–H groups in total. The first-order chi connectivity index (χ1) is 8.69. The van der Waals surface area contributed by atoms with Crippen LogP contribution in [0, 0.1) is 6.92 Å². The number of ether oxygens (including phenoxy) is 1. The normalized spacial score (nSPS) is 14.0. The zero-order valence-electron chi connectivity index (χ0n) is 11.9. The van der Waals surface area contributed by atoms with Gasteiger partial charge in [-0.2, -0.15) is 0 Å². The van der Waals surface area contributed by atoms with E-state index in [2.05, 4.69) is 61.6 Å². The number of thiazole rings is 1. The van der Waals surface area contributed by atoms with Gasteiger partial charge in [-0.1, -0.05) is 11.3 Å². The molecule has 1 aromatic carbocycles. The van der Waals surface area contributed by atoms with E-state index in [9.17, 15) is 0 Å². The van der Waals surface area contributed by atoms with Crippen molar-refractivity contribution < 1.29 is 4.74 Å². The first kappa shape index (κ1) is 14.8. The molecule has 1 heterocycles. The van der Waals surface area contributed by atoms with Crippen molar-refractivity contribution in [2.45, 2.75) is 46.3 Å². The smallest absolute Gasteiger partial charge is 0.181 e. The highest BCUT2D eigenvalue weighted by Gasteiger charge is 2.22. The lowest BCUT2D eigenvalue weighted by atomic mass is 10.0. The summed E-state index contributed by atoms with van der Waals surface area (Å²) in [4.78, 5) is 4.34. The molecule has 0 aliphatic heterocycles. The largest absolute Gasteiger partial charge is 0.375 e. The molecule has 1 atom stereocenters. The van der Waals surface area contributed by atoms with E-state index in [1.807, 2.05) is 0 Å². The first-order valence-electron chi connectivity index (χ1n) is 6.22. The molecule has 0 amide bonds. The molecule has 0 unspecified atom stereocenters. The molecule has 0 radical (unpaired) electrons. The van der Waals surface area contributed by atoms with E-state index in [1.54, 1.807) is 0 Å². The molecular formula is C14H19BrN2OS. The number of rotatable bonds is 2. The van der Waals surface area contributed by atoms with Crippen molar-refractivity contribution in [2.24, 2.45) is 0 Å². The van der Waals surface area contributed by atoms with Gasteiger partial charge in [0.15, 0.2) is 5.13 Å². The van der Waals surface area contributed by atoms with Crippen LogP contribution in [0.4, 0.5) is 5.13 Å². The van der Waals surface area contributed by atoms with Gasteiger partial charge in [0.2, 0.25) is 0 Å². The number of halogens is 1. The average molecular weight is 343 g/mol. The molecule has 0 fully saturated rings. The standard InChI is InChI=1S/C14H19BrN2OS/c1-7-6-9-12(19-13(16)17-9)11(15)10(7)8(2)18-14(3,4)5/h6,8H,1-5H3,(H2,16,17)/t8-/m0/s1. The van der Waals surface area contributed by atoms with Gasteiger partial charge in [-0.3, -0.25) is 0 Å². The van der Waals surface area contributed by atoms with Gasteiger partial charge < -0.3 is 10.5 Å². The van der Waals surface area contributed by atoms with Crippen LogP contribution < -0.4 is 5.73 Å². The lowest BCUT2D eigenvalue weighted by Gasteiger charge is -2.27. The maximum Gasteiger partial charge on any atom is 0.181 e. The van der Waals surface area contributed by atoms with Crippen molar-refractivity contribution in [3.63, 3.8) is 0 Å². The second kappa shape index (κ2) is 5.04. The predicted molar refractivity (Wildman–Crippen MR) is 85.7 cm³/mol. The molecule has 0 aliphatic rings. The molecule has 19 heavy (non-hydrogen) atoms. The van der Waals surface area contributed by atoms with Crippen LogP contribution in [0.25, 0.3) is 10.2 Å². The summed E-state index contributed by atoms with van der Waals surface area (Å²) < 4.78 is 8.20. The number of anilines is 1. The second-order valence-corrected chi connectivity index (χ2v) is 7.52. The van der Waals surface area contributed by atoms with E-state index in [4.69, 9.17) is 10.5 Å². The van der Waals surface area contributed by atoms with E-state index in [0.717, 1.165) is 14.7 Å². The molecule has 104 valence electrons. The van der Waals surface area contributed by atoms with Gasteiger partial charge in [0.25, 0.3) is 0 Å². The fourth-order valence-electron chi connectivity index (χ4n) is 2.27. The third-order valence-electron chi connectivity index (χ3n) is 2.82. The minimum absolute atomic E-state index is 0.0158. The zero-order chi connectivity index (χ0) is 14.4. The summed E-state index contributed by atoms with van der Waals surface area (Å²) in [7, 11) is 0. The highest BCUT2D eigenvalue weighted by atomic mass is 79.9. The van der Waals surface area contributed by atoms with E-state index >= 15 is 0 Å². The van der Waals surface area contributed by atoms with Crippen LogP contribution >= 0.6 is 27.3 Å². The Labute approximate surface area is 126 Å². The number of benzene rings is 1. The van der Waals surface area contributed by atoms with Gasteiger partial charge >= 0.3 is 0 Å². The Hall–Kier alpha value is -0.650. The molecule has 0 bridgehead atoms. The molecule has 3 nitrogen and oxygen atoms in total. The monoisotopic (exact) mass is 342 g/mol. The predicted octanol–water partition coefficient (Wildman–Crippen LogP) is 4.83. The Balaban J connectivity index is 2.53. The van der Waals surface area contributed by atoms with Crippen molar-refractivity contribution in [2.75, 3.05) is 5.73 Å². The summed E-state index contributed by atoms with van der Waals surface area (Å²) in [6, 6.07) is 2.07. The molecule has 2 aromatic rings. The van der Waals surface area contributed by atoms with Crippen LogP contribution in [0.15, 0.2) is 10.5 Å². The van der Waals surface area contributed by atoms with Crippen LogP contribution in [0.1, 0.15) is 44.9 Å². The first-order valence-corrected chi connectivity index (χ1v) is 7.83. The fraction of sp³-hybridized carbons (Fsp3) is 0.500. The number of aryl methyl sites for hydroxylation is 1. The summed E-state index contributed by atoms with van der Waals surface area (Å²) in [5, 5.41) is 0.594. The Morgan fingerprint density at radius 2 is 2.05 bits per heavy atom. The highest BCUT2D eigenvalue weighted by Crippen LogP contribution is 2.39. The highest BCUT2D eigenvalue weighted by molar-refractivity contribution is 9.10. The summed E-state index contributed by atoms with van der Waals surface area (Å²) in [5.41, 5.74) is 8.90. The summed E-state index contributed by atoms with van der Waals surface area (Å²) in [6.07, 6.45) is 0.0158. The number of nitrogens with zero attached hydrogens (tertiary/aromatic N) is 1. The van der Waals surface area contributed by atoms with Gasteiger partial charge in [-0.05, 0) is 67.7 Å². The maximum absolute atomic E-state index is 6.06. The van der Waals surface area contributed by atoms with E-state index in [-0.39, 0.29) is 11.7 Å². The SMILES string of the molecule is Cc1cc2nc(N)sc2c(Br)c1[C@H](C)OC(C)(C)C. The van der Waals surface area contributed by atoms with Crippen molar-refractivity contribution in [1.82, 2.24) is 4.98 Å². The molecule has 1 aromatic heterocycles. The molecule has 0 aliphatic carbocycles. The van der Waals surface area contributed by atoms with Gasteiger partial charge in [0.1, 0.15) is 0 Å². The summed E-state index contributed by atoms with van der Waals surface area (Å²) in [6.45, 7) is 10.4. The quantitative estimate of drug-likeness (QED) is 0.850. The van der Waals surface area contributed by atoms with Crippen LogP contribution in [0.5, 0.6) is 0 Å². The van der Waals surface area contributed by atoms with Crippen LogP contribution in [0.2, 0.25) is 0 Å². The number of nitrogens with two attached hydrogens (primary N) is 1. The number of aromatic nitrogens is 1. The topological polar surface area (TPSA) is 48.1 Å². The van der Waals surface area contributed by atoms with Crippen LogP contribution in [0.3, 0.4) is 0 Å². The van der Waals surface area contributed by atoms with Gasteiger partial charge in [-0.15, -0.1) is 0 Å². The molecule has 5 heteroatoms. The number of fused-ring (bicyclic) bond motifs is 1. The number of nitrogen functional groups attached to an aromatic ring is 1. The third-order valence-corrected chi connectivity index (χ3v) is 4.82. The van der Waals surface area contributed by atoms with Gasteiger partial charge in [0.05, 0.1) is 21.9 Å². The Bertz CT molecular complexity index is 616. The summed E-state index contributed by atoms with van der Waals surface area (Å²) >= 11 is 5.19. The molecule has 2 rings (SSSR count). The summed E-state index contributed by atoms with van der Waals surface area (Å²) in [5.74, 6) is 0. The third kappa shape index (κ3) is 3.09. The van der Waals surface area contributed by atoms with Crippen molar-refractivity contribution >= 4 is 42.6 Å². The van der Waals surface area contributed by atoms with Gasteiger partial charge in [0, 0.05) is 4.47 Å². The Morgan fingerprint density at radius 1 is 1.42 bits per heavy atom. The minimum Gasteiger partial charge on any atom is -0.375 e. The Morgan fingerprint density at radius 3 is 2.63 bits per heavy atom. The van der Waals surface area contributed by atoms with E-state index < -0.39 is 0 Å². The van der Waals surface area contributed by atoms with Crippen LogP contribution in [-0.4, -0.2) is 10.6 Å². The van der Waals surface area contributed by atoms with E-state index in [1.165, 1.54) is 22.5 Å². The molecule has 0 saturated heterocycles. The van der Waals surface area contributed by atoms with E-state index in [0.29, 0.717) is 5.13 Å². The average Bonchev–Trinajstić information content (AvgIpc) is 2.55. The van der Waals surface area contributed by atoms with Crippen molar-refractivity contribution in [1.29, 1.82) is 0 Å². The fourth-order valence-corrected chi connectivity index (χ4v) is 4.11. The molecule has 0 saturated carbocycles. The molecular weight excluding hydrogens is 324 g/mol.